The normalized spacial score (nSPS) is 15.3. The second kappa shape index (κ2) is 8.48. The number of hydrogen-bond donors (Lipinski definition) is 1. The Bertz CT molecular complexity index is 1500. The van der Waals surface area contributed by atoms with E-state index in [1.54, 1.807) is 24.3 Å². The molecule has 1 fully saturated rings. The number of aromatic nitrogens is 1. The van der Waals surface area contributed by atoms with Crippen LogP contribution in [0.5, 0.6) is 0 Å². The Kier molecular flexibility index (Phi) is 5.34. The molecule has 5 rings (SSSR count). The van der Waals surface area contributed by atoms with Gasteiger partial charge in [-0.25, -0.2) is 9.69 Å². The summed E-state index contributed by atoms with van der Waals surface area (Å²) >= 11 is 0. The second-order valence-electron chi connectivity index (χ2n) is 8.52. The molecule has 0 aliphatic carbocycles. The number of urea groups is 1. The van der Waals surface area contributed by atoms with Gasteiger partial charge < -0.3 is 4.57 Å². The summed E-state index contributed by atoms with van der Waals surface area (Å²) in [5, 5.41) is 3.22. The molecule has 1 saturated heterocycles. The van der Waals surface area contributed by atoms with Gasteiger partial charge in [0.2, 0.25) is 0 Å². The Morgan fingerprint density at radius 2 is 1.59 bits per heavy atom. The molecule has 4 amide bonds. The summed E-state index contributed by atoms with van der Waals surface area (Å²) in [4.78, 5) is 39.5. The van der Waals surface area contributed by atoms with E-state index in [4.69, 9.17) is 0 Å². The third-order valence-corrected chi connectivity index (χ3v) is 5.92. The van der Waals surface area contributed by atoms with Gasteiger partial charge in [-0.2, -0.15) is 0 Å². The van der Waals surface area contributed by atoms with Crippen LogP contribution in [-0.4, -0.2) is 22.4 Å². The standard InChI is InChI=1S/C28H23N3O3/c1-18-7-5-9-20(13-18)16-30-17-21(23-11-3-4-12-25(23)30)15-24-26(32)29-28(34)31(27(24)33)22-10-6-8-19(2)14-22/h3-15,17H,16H2,1-2H3,(H,29,32,34)/b24-15-. The fourth-order valence-corrected chi connectivity index (χ4v) is 4.34. The molecule has 6 nitrogen and oxygen atoms in total. The van der Waals surface area contributed by atoms with Crippen molar-refractivity contribution < 1.29 is 14.4 Å². The van der Waals surface area contributed by atoms with Gasteiger partial charge in [0.15, 0.2) is 0 Å². The number of carbonyl (C=O) groups excluding carboxylic acids is 3. The molecule has 168 valence electrons. The molecule has 1 aliphatic heterocycles. The Hall–Kier alpha value is -4.45. The minimum absolute atomic E-state index is 0.0837. The van der Waals surface area contributed by atoms with E-state index in [9.17, 15) is 14.4 Å². The lowest BCUT2D eigenvalue weighted by atomic mass is 10.1. The maximum atomic E-state index is 13.3. The van der Waals surface area contributed by atoms with Gasteiger partial charge >= 0.3 is 6.03 Å². The molecule has 2 heterocycles. The van der Waals surface area contributed by atoms with E-state index >= 15 is 0 Å². The molecule has 0 unspecified atom stereocenters. The van der Waals surface area contributed by atoms with Gasteiger partial charge in [-0.05, 0) is 49.2 Å². The topological polar surface area (TPSA) is 71.4 Å². The lowest BCUT2D eigenvalue weighted by Crippen LogP contribution is -2.54. The molecular weight excluding hydrogens is 426 g/mol. The van der Waals surface area contributed by atoms with Gasteiger partial charge in [-0.3, -0.25) is 14.9 Å². The van der Waals surface area contributed by atoms with Crippen molar-refractivity contribution in [1.29, 1.82) is 0 Å². The molecule has 0 bridgehead atoms. The summed E-state index contributed by atoms with van der Waals surface area (Å²) < 4.78 is 2.10. The molecule has 1 N–H and O–H groups in total. The van der Waals surface area contributed by atoms with E-state index in [1.165, 1.54) is 5.56 Å². The van der Waals surface area contributed by atoms with Crippen LogP contribution in [0.2, 0.25) is 0 Å². The number of hydrogen-bond acceptors (Lipinski definition) is 3. The molecule has 1 aliphatic rings. The van der Waals surface area contributed by atoms with E-state index in [-0.39, 0.29) is 5.57 Å². The third kappa shape index (κ3) is 3.90. The van der Waals surface area contributed by atoms with Crippen LogP contribution in [0.1, 0.15) is 22.3 Å². The van der Waals surface area contributed by atoms with Crippen LogP contribution in [0.25, 0.3) is 17.0 Å². The molecule has 6 heteroatoms. The summed E-state index contributed by atoms with van der Waals surface area (Å²) in [6, 6.07) is 22.5. The van der Waals surface area contributed by atoms with Crippen LogP contribution >= 0.6 is 0 Å². The SMILES string of the molecule is Cc1cccc(Cn2cc(/C=C3/C(=O)NC(=O)N(c4cccc(C)c4)C3=O)c3ccccc32)c1. The summed E-state index contributed by atoms with van der Waals surface area (Å²) in [5.41, 5.74) is 5.30. The monoisotopic (exact) mass is 449 g/mol. The van der Waals surface area contributed by atoms with Gasteiger partial charge in [0.1, 0.15) is 5.57 Å². The van der Waals surface area contributed by atoms with Crippen molar-refractivity contribution in [1.82, 2.24) is 9.88 Å². The Morgan fingerprint density at radius 1 is 0.853 bits per heavy atom. The first-order chi connectivity index (χ1) is 16.4. The number of carbonyl (C=O) groups is 3. The Labute approximate surface area is 197 Å². The lowest BCUT2D eigenvalue weighted by molar-refractivity contribution is -0.122. The fraction of sp³-hybridized carbons (Fsp3) is 0.107. The summed E-state index contributed by atoms with van der Waals surface area (Å²) in [7, 11) is 0. The van der Waals surface area contributed by atoms with Crippen LogP contribution < -0.4 is 10.2 Å². The van der Waals surface area contributed by atoms with Crippen molar-refractivity contribution in [2.45, 2.75) is 20.4 Å². The average Bonchev–Trinajstić information content (AvgIpc) is 3.14. The Morgan fingerprint density at radius 3 is 2.35 bits per heavy atom. The third-order valence-electron chi connectivity index (χ3n) is 5.92. The fourth-order valence-electron chi connectivity index (χ4n) is 4.34. The number of imide groups is 2. The number of para-hydroxylation sites is 1. The van der Waals surface area contributed by atoms with Gasteiger partial charge in [-0.15, -0.1) is 0 Å². The van der Waals surface area contributed by atoms with Gasteiger partial charge in [0, 0.05) is 29.2 Å². The van der Waals surface area contributed by atoms with Crippen molar-refractivity contribution in [3.8, 4) is 0 Å². The number of nitrogens with one attached hydrogen (secondary N) is 1. The zero-order chi connectivity index (χ0) is 23.8. The quantitative estimate of drug-likeness (QED) is 0.353. The predicted octanol–water partition coefficient (Wildman–Crippen LogP) is 4.97. The maximum Gasteiger partial charge on any atom is 0.335 e. The highest BCUT2D eigenvalue weighted by molar-refractivity contribution is 6.39. The van der Waals surface area contributed by atoms with Gasteiger partial charge in [0.05, 0.1) is 5.69 Å². The maximum absolute atomic E-state index is 13.3. The zero-order valence-corrected chi connectivity index (χ0v) is 18.9. The number of benzene rings is 3. The highest BCUT2D eigenvalue weighted by Gasteiger charge is 2.37. The van der Waals surface area contributed by atoms with E-state index < -0.39 is 17.8 Å². The van der Waals surface area contributed by atoms with E-state index in [0.29, 0.717) is 12.2 Å². The van der Waals surface area contributed by atoms with E-state index in [1.807, 2.05) is 49.5 Å². The molecule has 0 saturated carbocycles. The lowest BCUT2D eigenvalue weighted by Gasteiger charge is -2.26. The number of barbiturate groups is 1. The first kappa shape index (κ1) is 21.4. The van der Waals surface area contributed by atoms with Crippen LogP contribution in [0.15, 0.2) is 84.6 Å². The van der Waals surface area contributed by atoms with Crippen LogP contribution in [-0.2, 0) is 16.1 Å². The van der Waals surface area contributed by atoms with Crippen molar-refractivity contribution in [3.05, 3.63) is 107 Å². The second-order valence-corrected chi connectivity index (χ2v) is 8.52. The summed E-state index contributed by atoms with van der Waals surface area (Å²) in [6.45, 7) is 4.59. The highest BCUT2D eigenvalue weighted by atomic mass is 16.2. The number of rotatable bonds is 4. The van der Waals surface area contributed by atoms with Crippen molar-refractivity contribution >= 4 is 40.5 Å². The molecule has 3 aromatic carbocycles. The summed E-state index contributed by atoms with van der Waals surface area (Å²) in [5.74, 6) is -1.34. The number of amides is 4. The molecular formula is C28H23N3O3. The van der Waals surface area contributed by atoms with Crippen LogP contribution in [0.3, 0.4) is 0 Å². The zero-order valence-electron chi connectivity index (χ0n) is 18.9. The van der Waals surface area contributed by atoms with E-state index in [2.05, 4.69) is 35.0 Å². The highest BCUT2D eigenvalue weighted by Crippen LogP contribution is 2.27. The first-order valence-electron chi connectivity index (χ1n) is 11.0. The largest absolute Gasteiger partial charge is 0.342 e. The number of fused-ring (bicyclic) bond motifs is 1. The minimum atomic E-state index is -0.750. The molecule has 4 aromatic rings. The Balaban J connectivity index is 1.57. The van der Waals surface area contributed by atoms with Crippen LogP contribution in [0.4, 0.5) is 10.5 Å². The first-order valence-corrected chi connectivity index (χ1v) is 11.0. The minimum Gasteiger partial charge on any atom is -0.342 e. The van der Waals surface area contributed by atoms with Crippen molar-refractivity contribution in [2.75, 3.05) is 4.90 Å². The molecule has 0 atom stereocenters. The van der Waals surface area contributed by atoms with Crippen molar-refractivity contribution in [3.63, 3.8) is 0 Å². The molecule has 0 spiro atoms. The molecule has 0 radical (unpaired) electrons. The average molecular weight is 450 g/mol. The van der Waals surface area contributed by atoms with Crippen LogP contribution in [0, 0.1) is 13.8 Å². The van der Waals surface area contributed by atoms with E-state index in [0.717, 1.165) is 32.5 Å². The smallest absolute Gasteiger partial charge is 0.335 e. The predicted molar refractivity (Wildman–Crippen MR) is 132 cm³/mol. The number of nitrogens with zero attached hydrogens (tertiary/aromatic N) is 2. The van der Waals surface area contributed by atoms with Crippen molar-refractivity contribution in [2.24, 2.45) is 0 Å². The van der Waals surface area contributed by atoms with Gasteiger partial charge in [-0.1, -0.05) is 60.2 Å². The number of anilines is 1. The summed E-state index contributed by atoms with van der Waals surface area (Å²) in [6.07, 6.45) is 3.51. The number of aryl methyl sites for hydroxylation is 2. The molecule has 34 heavy (non-hydrogen) atoms. The molecule has 1 aromatic heterocycles. The van der Waals surface area contributed by atoms with Gasteiger partial charge in [0.25, 0.3) is 11.8 Å².